The third-order valence-corrected chi connectivity index (χ3v) is 9.96. The van der Waals surface area contributed by atoms with Gasteiger partial charge in [-0.05, 0) is 91.3 Å². The van der Waals surface area contributed by atoms with Gasteiger partial charge in [0.15, 0.2) is 0 Å². The predicted molar refractivity (Wildman–Crippen MR) is 218 cm³/mol. The van der Waals surface area contributed by atoms with Gasteiger partial charge in [-0.1, -0.05) is 98.8 Å². The predicted octanol–water partition coefficient (Wildman–Crippen LogP) is 9.62. The van der Waals surface area contributed by atoms with Gasteiger partial charge in [0.1, 0.15) is 37.9 Å². The number of carbonyl (C=O) groups excluding carboxylic acids is 2. The maximum absolute atomic E-state index is 11.9. The molecule has 270 valence electrons. The fourth-order valence-corrected chi connectivity index (χ4v) is 7.65. The average Bonchev–Trinajstić information content (AvgIpc) is 3.45. The number of ether oxygens (including phenoxy) is 4. The summed E-state index contributed by atoms with van der Waals surface area (Å²) in [5, 5.41) is 4.21. The molecule has 0 spiro atoms. The third-order valence-electron chi connectivity index (χ3n) is 9.60. The Labute approximate surface area is 321 Å². The van der Waals surface area contributed by atoms with Crippen molar-refractivity contribution >= 4 is 58.7 Å². The fourth-order valence-electron chi connectivity index (χ4n) is 7.35. The topological polar surface area (TPSA) is 71.1 Å². The molecule has 1 aliphatic rings. The van der Waals surface area contributed by atoms with Crippen molar-refractivity contribution in [3.63, 3.8) is 0 Å². The summed E-state index contributed by atoms with van der Waals surface area (Å²) in [5.74, 6) is 0.889. The Morgan fingerprint density at radius 1 is 0.528 bits per heavy atom. The zero-order chi connectivity index (χ0) is 37.0. The number of benzene rings is 6. The third kappa shape index (κ3) is 7.75. The Morgan fingerprint density at radius 3 is 1.36 bits per heavy atom. The second kappa shape index (κ2) is 16.0. The quantitative estimate of drug-likeness (QED) is 0.0658. The molecule has 0 aliphatic heterocycles. The van der Waals surface area contributed by atoms with Gasteiger partial charge in [0, 0.05) is 10.5 Å². The molecule has 8 heteroatoms. The molecule has 0 amide bonds. The monoisotopic (exact) mass is 742 g/mol. The van der Waals surface area contributed by atoms with E-state index in [2.05, 4.69) is 122 Å². The van der Waals surface area contributed by atoms with Crippen LogP contribution in [-0.4, -0.2) is 48.9 Å². The number of esters is 2. The highest BCUT2D eigenvalue weighted by molar-refractivity contribution is 7.81. The first-order chi connectivity index (χ1) is 25.7. The molecule has 0 saturated heterocycles. The van der Waals surface area contributed by atoms with E-state index < -0.39 is 5.41 Å². The molecule has 0 saturated carbocycles. The number of hydrogen-bond donors (Lipinski definition) is 2. The van der Waals surface area contributed by atoms with Crippen LogP contribution in [0.15, 0.2) is 121 Å². The first-order valence-electron chi connectivity index (χ1n) is 17.9. The molecule has 0 radical (unpaired) electrons. The molecule has 0 fully saturated rings. The summed E-state index contributed by atoms with van der Waals surface area (Å²) in [5.41, 5.74) is 6.70. The lowest BCUT2D eigenvalue weighted by molar-refractivity contribution is -0.145. The van der Waals surface area contributed by atoms with E-state index in [1.54, 1.807) is 0 Å². The van der Waals surface area contributed by atoms with Crippen LogP contribution >= 0.6 is 25.3 Å². The van der Waals surface area contributed by atoms with Gasteiger partial charge in [0.25, 0.3) is 0 Å². The number of thiol groups is 2. The summed E-state index contributed by atoms with van der Waals surface area (Å²) in [7, 11) is 0. The Morgan fingerprint density at radius 2 is 0.925 bits per heavy atom. The SMILES string of the molecule is CC(S)CC(=O)OCCOc1ccc2cc(C3(c4ccc5cc(OCCOC(=O)CC(C)S)ccc5c4)c4ccccc4-c4ccccc43)ccc2c1. The molecule has 0 bridgehead atoms. The number of hydrogen-bond acceptors (Lipinski definition) is 8. The summed E-state index contributed by atoms with van der Waals surface area (Å²) in [6.07, 6.45) is 0.538. The van der Waals surface area contributed by atoms with Gasteiger partial charge in [0.05, 0.1) is 18.3 Å². The van der Waals surface area contributed by atoms with E-state index in [0.29, 0.717) is 0 Å². The molecule has 0 heterocycles. The van der Waals surface area contributed by atoms with Gasteiger partial charge in [0.2, 0.25) is 0 Å². The smallest absolute Gasteiger partial charge is 0.307 e. The second-order valence-electron chi connectivity index (χ2n) is 13.5. The van der Waals surface area contributed by atoms with Crippen LogP contribution in [0.4, 0.5) is 0 Å². The van der Waals surface area contributed by atoms with Crippen molar-refractivity contribution in [3.8, 4) is 22.6 Å². The second-order valence-corrected chi connectivity index (χ2v) is 15.3. The van der Waals surface area contributed by atoms with E-state index in [9.17, 15) is 9.59 Å². The first-order valence-corrected chi connectivity index (χ1v) is 19.0. The minimum Gasteiger partial charge on any atom is -0.490 e. The average molecular weight is 743 g/mol. The van der Waals surface area contributed by atoms with Gasteiger partial charge in [-0.3, -0.25) is 9.59 Å². The molecule has 53 heavy (non-hydrogen) atoms. The van der Waals surface area contributed by atoms with Crippen LogP contribution < -0.4 is 9.47 Å². The van der Waals surface area contributed by atoms with Crippen LogP contribution in [0, 0.1) is 0 Å². The lowest BCUT2D eigenvalue weighted by Gasteiger charge is -2.34. The van der Waals surface area contributed by atoms with Crippen LogP contribution in [0.3, 0.4) is 0 Å². The van der Waals surface area contributed by atoms with E-state index in [-0.39, 0.29) is 61.7 Å². The summed E-state index contributed by atoms with van der Waals surface area (Å²) in [6, 6.07) is 43.0. The number of rotatable bonds is 14. The Bertz CT molecular complexity index is 2120. The lowest BCUT2D eigenvalue weighted by atomic mass is 9.67. The molecule has 2 atom stereocenters. The van der Waals surface area contributed by atoms with Gasteiger partial charge in [-0.15, -0.1) is 0 Å². The molecule has 6 nitrogen and oxygen atoms in total. The van der Waals surface area contributed by atoms with E-state index in [1.807, 2.05) is 38.1 Å². The van der Waals surface area contributed by atoms with E-state index in [0.717, 1.165) is 33.0 Å². The largest absolute Gasteiger partial charge is 0.490 e. The molecule has 6 aromatic rings. The molecule has 0 aromatic heterocycles. The van der Waals surface area contributed by atoms with E-state index in [1.165, 1.54) is 33.4 Å². The van der Waals surface area contributed by atoms with Crippen molar-refractivity contribution in [2.45, 2.75) is 42.6 Å². The number of carbonyl (C=O) groups is 2. The van der Waals surface area contributed by atoms with Crippen LogP contribution in [-0.2, 0) is 24.5 Å². The highest BCUT2D eigenvalue weighted by atomic mass is 32.1. The van der Waals surface area contributed by atoms with Crippen molar-refractivity contribution in [2.24, 2.45) is 0 Å². The Kier molecular flexibility index (Phi) is 11.0. The molecule has 1 aliphatic carbocycles. The maximum Gasteiger partial charge on any atom is 0.307 e. The molecule has 2 unspecified atom stereocenters. The highest BCUT2D eigenvalue weighted by Crippen LogP contribution is 2.56. The molecular weight excluding hydrogens is 701 g/mol. The Hall–Kier alpha value is -4.92. The molecule has 7 rings (SSSR count). The minimum absolute atomic E-state index is 0.0437. The maximum atomic E-state index is 11.9. The molecule has 6 aromatic carbocycles. The summed E-state index contributed by atoms with van der Waals surface area (Å²) < 4.78 is 22.5. The van der Waals surface area contributed by atoms with Gasteiger partial charge in [-0.2, -0.15) is 25.3 Å². The Balaban J connectivity index is 1.20. The molecule has 0 N–H and O–H groups in total. The lowest BCUT2D eigenvalue weighted by Crippen LogP contribution is -2.28. The van der Waals surface area contributed by atoms with Crippen LogP contribution in [0.1, 0.15) is 48.9 Å². The molecular formula is C45H42O6S2. The highest BCUT2D eigenvalue weighted by Gasteiger charge is 2.46. The van der Waals surface area contributed by atoms with Gasteiger partial charge >= 0.3 is 11.9 Å². The van der Waals surface area contributed by atoms with Gasteiger partial charge < -0.3 is 18.9 Å². The fraction of sp³-hybridized carbons (Fsp3) is 0.244. The first kappa shape index (κ1) is 36.4. The van der Waals surface area contributed by atoms with Crippen molar-refractivity contribution in [2.75, 3.05) is 26.4 Å². The van der Waals surface area contributed by atoms with E-state index >= 15 is 0 Å². The minimum atomic E-state index is -0.567. The van der Waals surface area contributed by atoms with Crippen LogP contribution in [0.2, 0.25) is 0 Å². The van der Waals surface area contributed by atoms with Crippen LogP contribution in [0.25, 0.3) is 32.7 Å². The summed E-state index contributed by atoms with van der Waals surface area (Å²) in [6.45, 7) is 4.64. The summed E-state index contributed by atoms with van der Waals surface area (Å²) in [4.78, 5) is 23.8. The zero-order valence-corrected chi connectivity index (χ0v) is 31.6. The normalized spacial score (nSPS) is 13.9. The zero-order valence-electron chi connectivity index (χ0n) is 29.8. The van der Waals surface area contributed by atoms with Crippen LogP contribution in [0.5, 0.6) is 11.5 Å². The van der Waals surface area contributed by atoms with Crippen molar-refractivity contribution in [1.82, 2.24) is 0 Å². The van der Waals surface area contributed by atoms with Gasteiger partial charge in [-0.25, -0.2) is 0 Å². The van der Waals surface area contributed by atoms with Crippen molar-refractivity contribution in [1.29, 1.82) is 0 Å². The summed E-state index contributed by atoms with van der Waals surface area (Å²) >= 11 is 8.51. The standard InChI is InChI=1S/C45H42O6S2/c1-29(52)23-43(46)50-21-19-48-37-17-13-31-25-35(15-11-33(31)27-37)45(41-9-5-3-7-39(41)40-8-4-6-10-42(40)45)36-16-12-34-28-38(18-14-32(34)26-36)49-20-22-51-44(47)24-30(2)53/h3-18,25-30,52-53H,19-24H2,1-2H3. The van der Waals surface area contributed by atoms with Crippen molar-refractivity contribution in [3.05, 3.63) is 144 Å². The van der Waals surface area contributed by atoms with E-state index in [4.69, 9.17) is 18.9 Å². The van der Waals surface area contributed by atoms with Crippen molar-refractivity contribution < 1.29 is 28.5 Å². The number of fused-ring (bicyclic) bond motifs is 5.